The van der Waals surface area contributed by atoms with Gasteiger partial charge in [-0.3, -0.25) is 4.79 Å². The van der Waals surface area contributed by atoms with Crippen molar-refractivity contribution in [2.75, 3.05) is 19.8 Å². The summed E-state index contributed by atoms with van der Waals surface area (Å²) >= 11 is 0. The van der Waals surface area contributed by atoms with Crippen LogP contribution >= 0.6 is 12.4 Å². The number of hydrogen-bond donors (Lipinski definition) is 3. The highest BCUT2D eigenvalue weighted by molar-refractivity contribution is 5.85. The lowest BCUT2D eigenvalue weighted by Gasteiger charge is -2.24. The van der Waals surface area contributed by atoms with E-state index >= 15 is 0 Å². The minimum atomic E-state index is -0.349. The number of ether oxygens (including phenoxy) is 2. The van der Waals surface area contributed by atoms with Crippen molar-refractivity contribution < 1.29 is 19.4 Å². The maximum absolute atomic E-state index is 12.2. The molecule has 0 aromatic heterocycles. The maximum Gasteiger partial charge on any atom is 0.258 e. The Morgan fingerprint density at radius 2 is 1.89 bits per heavy atom. The van der Waals surface area contributed by atoms with Crippen molar-refractivity contribution in [3.05, 3.63) is 23.8 Å². The summed E-state index contributed by atoms with van der Waals surface area (Å²) in [5.74, 6) is 1.12. The molecule has 28 heavy (non-hydrogen) atoms. The molecule has 0 atom stereocenters. The van der Waals surface area contributed by atoms with Crippen molar-refractivity contribution >= 4 is 18.3 Å². The predicted octanol–water partition coefficient (Wildman–Crippen LogP) is 3.20. The predicted molar refractivity (Wildman–Crippen MR) is 113 cm³/mol. The molecular formula is C21H35ClN2O4. The average molecular weight is 415 g/mol. The number of hydrogen-bond acceptors (Lipinski definition) is 5. The number of halogens is 1. The smallest absolute Gasteiger partial charge is 0.258 e. The second kappa shape index (κ2) is 12.1. The Bertz CT molecular complexity index is 604. The Morgan fingerprint density at radius 3 is 2.54 bits per heavy atom. The van der Waals surface area contributed by atoms with Crippen molar-refractivity contribution in [1.29, 1.82) is 0 Å². The molecule has 0 bridgehead atoms. The molecule has 1 aromatic rings. The van der Waals surface area contributed by atoms with E-state index < -0.39 is 0 Å². The van der Waals surface area contributed by atoms with Crippen LogP contribution < -0.4 is 20.1 Å². The molecule has 1 fully saturated rings. The lowest BCUT2D eigenvalue weighted by molar-refractivity contribution is -0.124. The minimum Gasteiger partial charge on any atom is -0.490 e. The Labute approximate surface area is 174 Å². The summed E-state index contributed by atoms with van der Waals surface area (Å²) < 4.78 is 11.4. The maximum atomic E-state index is 12.2. The van der Waals surface area contributed by atoms with E-state index in [1.807, 2.05) is 39.0 Å². The van der Waals surface area contributed by atoms with Gasteiger partial charge < -0.3 is 25.2 Å². The monoisotopic (exact) mass is 414 g/mol. The number of carbonyl (C=O) groups excluding carboxylic acids is 1. The third-order valence-electron chi connectivity index (χ3n) is 4.80. The highest BCUT2D eigenvalue weighted by atomic mass is 35.5. The molecular weight excluding hydrogens is 380 g/mol. The molecule has 1 saturated carbocycles. The molecule has 1 aliphatic rings. The van der Waals surface area contributed by atoms with Gasteiger partial charge in [-0.2, -0.15) is 0 Å². The van der Waals surface area contributed by atoms with E-state index in [0.29, 0.717) is 24.7 Å². The van der Waals surface area contributed by atoms with E-state index in [1.54, 1.807) is 0 Å². The summed E-state index contributed by atoms with van der Waals surface area (Å²) in [6.07, 6.45) is 5.74. The Balaban J connectivity index is 0.00000392. The van der Waals surface area contributed by atoms with Crippen molar-refractivity contribution in [3.8, 4) is 11.5 Å². The van der Waals surface area contributed by atoms with Crippen LogP contribution in [0.25, 0.3) is 0 Å². The van der Waals surface area contributed by atoms with Crippen LogP contribution in [-0.2, 0) is 11.3 Å². The van der Waals surface area contributed by atoms with Crippen molar-refractivity contribution in [3.63, 3.8) is 0 Å². The number of carbonyl (C=O) groups is 1. The largest absolute Gasteiger partial charge is 0.490 e. The Kier molecular flexibility index (Phi) is 10.6. The van der Waals surface area contributed by atoms with Gasteiger partial charge in [0.1, 0.15) is 0 Å². The van der Waals surface area contributed by atoms with Gasteiger partial charge in [0.2, 0.25) is 0 Å². The standard InChI is InChI=1S/C21H34N2O4.ClH/c1-4-26-19-12-16(13-22-21(2,3)15-24)10-11-18(19)27-14-20(25)23-17-8-6-5-7-9-17;/h10-12,17,22,24H,4-9,13-15H2,1-3H3,(H,23,25);1H. The van der Waals surface area contributed by atoms with Gasteiger partial charge in [-0.25, -0.2) is 0 Å². The SMILES string of the molecule is CCOc1cc(CNC(C)(C)CO)ccc1OCC(=O)NC1CCCCC1.Cl. The zero-order valence-corrected chi connectivity index (χ0v) is 18.1. The number of benzene rings is 1. The van der Waals surface area contributed by atoms with Gasteiger partial charge in [-0.1, -0.05) is 25.3 Å². The van der Waals surface area contributed by atoms with E-state index in [0.717, 1.165) is 18.4 Å². The first-order valence-electron chi connectivity index (χ1n) is 9.97. The first-order chi connectivity index (χ1) is 12.9. The number of nitrogens with one attached hydrogen (secondary N) is 2. The van der Waals surface area contributed by atoms with E-state index in [4.69, 9.17) is 9.47 Å². The summed E-state index contributed by atoms with van der Waals surface area (Å²) in [6, 6.07) is 5.97. The molecule has 0 unspecified atom stereocenters. The zero-order chi connectivity index (χ0) is 19.7. The molecule has 3 N–H and O–H groups in total. The van der Waals surface area contributed by atoms with E-state index in [-0.39, 0.29) is 43.1 Å². The summed E-state index contributed by atoms with van der Waals surface area (Å²) in [5, 5.41) is 15.7. The van der Waals surface area contributed by atoms with Gasteiger partial charge in [-0.15, -0.1) is 12.4 Å². The molecule has 0 spiro atoms. The van der Waals surface area contributed by atoms with Gasteiger partial charge in [0, 0.05) is 18.1 Å². The zero-order valence-electron chi connectivity index (χ0n) is 17.3. The normalized spacial score (nSPS) is 14.9. The Hall–Kier alpha value is -1.50. The van der Waals surface area contributed by atoms with Gasteiger partial charge in [0.25, 0.3) is 5.91 Å². The van der Waals surface area contributed by atoms with Crippen molar-refractivity contribution in [2.24, 2.45) is 0 Å². The van der Waals surface area contributed by atoms with Crippen LogP contribution in [0.2, 0.25) is 0 Å². The molecule has 1 aromatic carbocycles. The average Bonchev–Trinajstić information content (AvgIpc) is 2.67. The molecule has 160 valence electrons. The van der Waals surface area contributed by atoms with Crippen LogP contribution in [0.1, 0.15) is 58.4 Å². The van der Waals surface area contributed by atoms with Crippen LogP contribution in [-0.4, -0.2) is 42.4 Å². The van der Waals surface area contributed by atoms with E-state index in [9.17, 15) is 9.90 Å². The van der Waals surface area contributed by atoms with Crippen LogP contribution in [0.15, 0.2) is 18.2 Å². The fourth-order valence-electron chi connectivity index (χ4n) is 3.11. The molecule has 1 aliphatic carbocycles. The lowest BCUT2D eigenvalue weighted by Crippen LogP contribution is -2.42. The first-order valence-corrected chi connectivity index (χ1v) is 9.97. The van der Waals surface area contributed by atoms with Crippen LogP contribution in [0, 0.1) is 0 Å². The first kappa shape index (κ1) is 24.5. The molecule has 0 radical (unpaired) electrons. The summed E-state index contributed by atoms with van der Waals surface area (Å²) in [7, 11) is 0. The molecule has 0 saturated heterocycles. The molecule has 6 nitrogen and oxygen atoms in total. The van der Waals surface area contributed by atoms with Crippen molar-refractivity contribution in [1.82, 2.24) is 10.6 Å². The van der Waals surface area contributed by atoms with Crippen molar-refractivity contribution in [2.45, 2.75) is 71.0 Å². The molecule has 1 amide bonds. The van der Waals surface area contributed by atoms with Gasteiger partial charge in [-0.05, 0) is 51.3 Å². The third-order valence-corrected chi connectivity index (χ3v) is 4.80. The summed E-state index contributed by atoms with van der Waals surface area (Å²) in [4.78, 5) is 12.2. The minimum absolute atomic E-state index is 0. The second-order valence-electron chi connectivity index (χ2n) is 7.80. The summed E-state index contributed by atoms with van der Waals surface area (Å²) in [5.41, 5.74) is 0.678. The quantitative estimate of drug-likeness (QED) is 0.548. The van der Waals surface area contributed by atoms with Gasteiger partial charge in [0.05, 0.1) is 13.2 Å². The molecule has 0 heterocycles. The molecule has 7 heteroatoms. The molecule has 0 aliphatic heterocycles. The van der Waals surface area contributed by atoms with E-state index in [2.05, 4.69) is 10.6 Å². The second-order valence-corrected chi connectivity index (χ2v) is 7.80. The molecule has 2 rings (SSSR count). The van der Waals surface area contributed by atoms with Gasteiger partial charge in [0.15, 0.2) is 18.1 Å². The van der Waals surface area contributed by atoms with Gasteiger partial charge >= 0.3 is 0 Å². The number of amides is 1. The topological polar surface area (TPSA) is 79.8 Å². The van der Waals surface area contributed by atoms with E-state index in [1.165, 1.54) is 19.3 Å². The number of aliphatic hydroxyl groups is 1. The Morgan fingerprint density at radius 1 is 1.18 bits per heavy atom. The third kappa shape index (κ3) is 8.25. The lowest BCUT2D eigenvalue weighted by atomic mass is 9.95. The van der Waals surface area contributed by atoms with Crippen LogP contribution in [0.5, 0.6) is 11.5 Å². The number of aliphatic hydroxyl groups excluding tert-OH is 1. The highest BCUT2D eigenvalue weighted by Crippen LogP contribution is 2.29. The summed E-state index contributed by atoms with van der Waals surface area (Å²) in [6.45, 7) is 6.98. The van der Waals surface area contributed by atoms with Crippen LogP contribution in [0.3, 0.4) is 0 Å². The fourth-order valence-corrected chi connectivity index (χ4v) is 3.11. The van der Waals surface area contributed by atoms with Crippen LogP contribution in [0.4, 0.5) is 0 Å². The number of rotatable bonds is 10. The highest BCUT2D eigenvalue weighted by Gasteiger charge is 2.18. The fraction of sp³-hybridized carbons (Fsp3) is 0.667.